The largest absolute Gasteiger partial charge is 0.464 e. The number of carbonyl (C=O) groups is 3. The Bertz CT molecular complexity index is 666. The molecule has 1 aliphatic carbocycles. The predicted molar refractivity (Wildman–Crippen MR) is 85.1 cm³/mol. The highest BCUT2D eigenvalue weighted by Gasteiger charge is 2.27. The summed E-state index contributed by atoms with van der Waals surface area (Å²) >= 11 is 1.34. The number of amides is 1. The number of fused-ring (bicyclic) bond motifs is 1. The summed E-state index contributed by atoms with van der Waals surface area (Å²) in [6.07, 6.45) is 3.72. The molecule has 2 N–H and O–H groups in total. The van der Waals surface area contributed by atoms with Gasteiger partial charge in [-0.15, -0.1) is 16.5 Å². The van der Waals surface area contributed by atoms with E-state index in [4.69, 9.17) is 10.5 Å². The monoisotopic (exact) mass is 337 g/mol. The van der Waals surface area contributed by atoms with Crippen molar-refractivity contribution >= 4 is 34.0 Å². The van der Waals surface area contributed by atoms with Crippen LogP contribution in [0.4, 0.5) is 5.00 Å². The van der Waals surface area contributed by atoms with Crippen LogP contribution in [-0.4, -0.2) is 30.3 Å². The van der Waals surface area contributed by atoms with Gasteiger partial charge in [0.25, 0.3) is 5.91 Å². The second-order valence-electron chi connectivity index (χ2n) is 5.24. The number of primary amides is 1. The normalized spacial score (nSPS) is 15.2. The molecule has 1 amide bonds. The zero-order valence-electron chi connectivity index (χ0n) is 13.1. The molecule has 1 aromatic rings. The van der Waals surface area contributed by atoms with E-state index in [1.807, 2.05) is 0 Å². The predicted octanol–water partition coefficient (Wildman–Crippen LogP) is 2.33. The zero-order chi connectivity index (χ0) is 17.0. The molecule has 0 saturated carbocycles. The Morgan fingerprint density at radius 2 is 2.00 bits per heavy atom. The summed E-state index contributed by atoms with van der Waals surface area (Å²) in [4.78, 5) is 36.1. The molecule has 0 spiro atoms. The Hall–Kier alpha value is -2.09. The number of nitrogens with two attached hydrogens (primary N) is 1. The highest BCUT2D eigenvalue weighted by Crippen LogP contribution is 2.39. The van der Waals surface area contributed by atoms with Crippen LogP contribution in [0.5, 0.6) is 0 Å². The second kappa shape index (κ2) is 7.45. The van der Waals surface area contributed by atoms with Gasteiger partial charge in [0, 0.05) is 4.88 Å². The van der Waals surface area contributed by atoms with E-state index in [0.717, 1.165) is 36.1 Å². The van der Waals surface area contributed by atoms with Crippen molar-refractivity contribution in [3.05, 3.63) is 16.0 Å². The van der Waals surface area contributed by atoms with Crippen molar-refractivity contribution in [2.24, 2.45) is 16.0 Å². The van der Waals surface area contributed by atoms with Gasteiger partial charge in [-0.05, 0) is 45.1 Å². The lowest BCUT2D eigenvalue weighted by Gasteiger charge is -2.10. The highest BCUT2D eigenvalue weighted by atomic mass is 32.1. The van der Waals surface area contributed by atoms with Gasteiger partial charge in [0.15, 0.2) is 10.8 Å². The van der Waals surface area contributed by atoms with E-state index in [1.165, 1.54) is 18.3 Å². The first-order valence-corrected chi connectivity index (χ1v) is 8.29. The highest BCUT2D eigenvalue weighted by molar-refractivity contribution is 7.16. The van der Waals surface area contributed by atoms with Crippen LogP contribution >= 0.6 is 11.3 Å². The van der Waals surface area contributed by atoms with Gasteiger partial charge in [-0.1, -0.05) is 0 Å². The summed E-state index contributed by atoms with van der Waals surface area (Å²) in [5.41, 5.74) is 6.75. The van der Waals surface area contributed by atoms with Crippen molar-refractivity contribution in [2.45, 2.75) is 45.6 Å². The fourth-order valence-corrected chi connectivity index (χ4v) is 3.72. The number of aryl methyl sites for hydroxylation is 1. The van der Waals surface area contributed by atoms with Gasteiger partial charge in [-0.2, -0.15) is 5.11 Å². The van der Waals surface area contributed by atoms with Gasteiger partial charge in [0.2, 0.25) is 6.04 Å². The minimum absolute atomic E-state index is 0.151. The number of hydrogen-bond acceptors (Lipinski definition) is 7. The Morgan fingerprint density at radius 1 is 1.30 bits per heavy atom. The SMILES string of the molecule is CCOC(=O)C(N=Nc1sc2c(c1C(N)=O)CCCC2)C(C)=O. The number of carbonyl (C=O) groups excluding carboxylic acids is 3. The molecule has 0 bridgehead atoms. The molecule has 1 heterocycles. The average Bonchev–Trinajstić information content (AvgIpc) is 2.85. The molecule has 8 heteroatoms. The van der Waals surface area contributed by atoms with Crippen LogP contribution in [0.15, 0.2) is 10.2 Å². The van der Waals surface area contributed by atoms with E-state index in [1.54, 1.807) is 6.92 Å². The van der Waals surface area contributed by atoms with E-state index in [9.17, 15) is 14.4 Å². The van der Waals surface area contributed by atoms with Crippen LogP contribution in [0.3, 0.4) is 0 Å². The van der Waals surface area contributed by atoms with E-state index < -0.39 is 23.7 Å². The Balaban J connectivity index is 2.34. The Kier molecular flexibility index (Phi) is 5.59. The van der Waals surface area contributed by atoms with Crippen LogP contribution in [-0.2, 0) is 27.2 Å². The average molecular weight is 337 g/mol. The molecular weight excluding hydrogens is 318 g/mol. The fraction of sp³-hybridized carbons (Fsp3) is 0.533. The zero-order valence-corrected chi connectivity index (χ0v) is 13.9. The smallest absolute Gasteiger partial charge is 0.340 e. The van der Waals surface area contributed by atoms with Crippen LogP contribution in [0.25, 0.3) is 0 Å². The minimum atomic E-state index is -1.31. The van der Waals surface area contributed by atoms with E-state index >= 15 is 0 Å². The van der Waals surface area contributed by atoms with Crippen molar-refractivity contribution in [2.75, 3.05) is 6.61 Å². The number of ketones is 1. The second-order valence-corrected chi connectivity index (χ2v) is 6.32. The first kappa shape index (κ1) is 17.3. The molecule has 0 radical (unpaired) electrons. The summed E-state index contributed by atoms with van der Waals surface area (Å²) in [6.45, 7) is 3.04. The third-order valence-electron chi connectivity index (χ3n) is 3.56. The number of azo groups is 1. The lowest BCUT2D eigenvalue weighted by Crippen LogP contribution is -2.28. The maximum Gasteiger partial charge on any atom is 0.340 e. The molecule has 0 aromatic carbocycles. The molecule has 1 unspecified atom stereocenters. The maximum absolute atomic E-state index is 11.7. The van der Waals surface area contributed by atoms with Gasteiger partial charge in [0.05, 0.1) is 12.2 Å². The number of hydrogen-bond donors (Lipinski definition) is 1. The van der Waals surface area contributed by atoms with Crippen molar-refractivity contribution in [1.29, 1.82) is 0 Å². The van der Waals surface area contributed by atoms with Crippen molar-refractivity contribution in [3.8, 4) is 0 Å². The summed E-state index contributed by atoms with van der Waals surface area (Å²) in [5, 5.41) is 8.14. The summed E-state index contributed by atoms with van der Waals surface area (Å²) in [5.74, 6) is -1.77. The third-order valence-corrected chi connectivity index (χ3v) is 4.73. The lowest BCUT2D eigenvalue weighted by molar-refractivity contribution is -0.147. The van der Waals surface area contributed by atoms with Crippen molar-refractivity contribution in [1.82, 2.24) is 0 Å². The summed E-state index contributed by atoms with van der Waals surface area (Å²) in [6, 6.07) is -1.31. The van der Waals surface area contributed by atoms with Crippen molar-refractivity contribution in [3.63, 3.8) is 0 Å². The van der Waals surface area contributed by atoms with Gasteiger partial charge < -0.3 is 10.5 Å². The first-order valence-electron chi connectivity index (χ1n) is 7.48. The third kappa shape index (κ3) is 3.82. The number of nitrogens with zero attached hydrogens (tertiary/aromatic N) is 2. The topological polar surface area (TPSA) is 111 Å². The minimum Gasteiger partial charge on any atom is -0.464 e. The number of ether oxygens (including phenoxy) is 1. The number of rotatable bonds is 6. The van der Waals surface area contributed by atoms with Gasteiger partial charge in [-0.25, -0.2) is 4.79 Å². The van der Waals surface area contributed by atoms with Crippen LogP contribution in [0.1, 0.15) is 47.5 Å². The number of thiophene rings is 1. The molecule has 23 heavy (non-hydrogen) atoms. The molecule has 0 aliphatic heterocycles. The van der Waals surface area contributed by atoms with E-state index in [0.29, 0.717) is 10.6 Å². The molecule has 1 aliphatic rings. The lowest BCUT2D eigenvalue weighted by atomic mass is 9.95. The van der Waals surface area contributed by atoms with Crippen LogP contribution in [0, 0.1) is 0 Å². The molecule has 0 fully saturated rings. The van der Waals surface area contributed by atoms with Crippen molar-refractivity contribution < 1.29 is 19.1 Å². The summed E-state index contributed by atoms with van der Waals surface area (Å²) < 4.78 is 4.81. The van der Waals surface area contributed by atoms with Gasteiger partial charge >= 0.3 is 5.97 Å². The molecule has 124 valence electrons. The number of esters is 1. The molecule has 0 saturated heterocycles. The van der Waals surface area contributed by atoms with Gasteiger partial charge in [0.1, 0.15) is 0 Å². The maximum atomic E-state index is 11.7. The van der Waals surface area contributed by atoms with Crippen LogP contribution < -0.4 is 5.73 Å². The molecule has 7 nitrogen and oxygen atoms in total. The Morgan fingerprint density at radius 3 is 2.61 bits per heavy atom. The summed E-state index contributed by atoms with van der Waals surface area (Å²) in [7, 11) is 0. The number of Topliss-reactive ketones (excluding diaryl/α,β-unsaturated/α-hetero) is 1. The first-order chi connectivity index (χ1) is 11.0. The molecule has 1 aromatic heterocycles. The van der Waals surface area contributed by atoms with E-state index in [2.05, 4.69) is 10.2 Å². The fourth-order valence-electron chi connectivity index (χ4n) is 2.50. The van der Waals surface area contributed by atoms with Gasteiger partial charge in [-0.3, -0.25) is 9.59 Å². The molecule has 1 atom stereocenters. The van der Waals surface area contributed by atoms with E-state index in [-0.39, 0.29) is 6.61 Å². The van der Waals surface area contributed by atoms with Crippen LogP contribution in [0.2, 0.25) is 0 Å². The molecular formula is C15H19N3O4S. The molecule has 2 rings (SSSR count). The quantitative estimate of drug-likeness (QED) is 0.488. The standard InChI is InChI=1S/C15H19N3O4S/c1-3-22-15(21)12(8(2)19)17-18-14-11(13(16)20)9-6-4-5-7-10(9)23-14/h12H,3-7H2,1-2H3,(H2,16,20). The Labute approximate surface area is 137 Å².